The highest BCUT2D eigenvalue weighted by molar-refractivity contribution is 7.98. The van der Waals surface area contributed by atoms with Gasteiger partial charge in [0.2, 0.25) is 0 Å². The lowest BCUT2D eigenvalue weighted by molar-refractivity contribution is 0.422. The zero-order chi connectivity index (χ0) is 15.3. The molecule has 0 aliphatic rings. The van der Waals surface area contributed by atoms with Gasteiger partial charge in [0.15, 0.2) is 0 Å². The molecule has 20 heavy (non-hydrogen) atoms. The molecule has 0 aliphatic carbocycles. The first-order valence-electron chi connectivity index (χ1n) is 6.67. The fourth-order valence-corrected chi connectivity index (χ4v) is 2.25. The van der Waals surface area contributed by atoms with Gasteiger partial charge >= 0.3 is 0 Å². The van der Waals surface area contributed by atoms with E-state index in [-0.39, 0.29) is 11.2 Å². The van der Waals surface area contributed by atoms with Crippen molar-refractivity contribution < 1.29 is 8.78 Å². The number of halogens is 2. The summed E-state index contributed by atoms with van der Waals surface area (Å²) in [5.41, 5.74) is 0.594. The van der Waals surface area contributed by atoms with Crippen LogP contribution < -0.4 is 10.2 Å². The summed E-state index contributed by atoms with van der Waals surface area (Å²) < 4.78 is 28.2. The van der Waals surface area contributed by atoms with E-state index in [0.29, 0.717) is 18.7 Å². The first kappa shape index (κ1) is 17.2. The lowest BCUT2D eigenvalue weighted by atomic mass is 10.1. The highest BCUT2D eigenvalue weighted by Crippen LogP contribution is 2.24. The van der Waals surface area contributed by atoms with Crippen LogP contribution in [-0.4, -0.2) is 31.1 Å². The third-order valence-corrected chi connectivity index (χ3v) is 3.50. The number of hydrogen-bond acceptors (Lipinski definition) is 3. The van der Waals surface area contributed by atoms with Gasteiger partial charge in [-0.05, 0) is 44.7 Å². The SMILES string of the molecule is CSCCN(C)c1c(F)cc(CNC(C)(C)C)cc1F. The Kier molecular flexibility index (Phi) is 6.27. The van der Waals surface area contributed by atoms with E-state index in [2.05, 4.69) is 5.32 Å². The summed E-state index contributed by atoms with van der Waals surface area (Å²) in [5.74, 6) is -0.165. The standard InChI is InChI=1S/C15H24F2N2S/c1-15(2,3)18-10-11-8-12(16)14(13(17)9-11)19(4)6-7-20-5/h8-9,18H,6-7,10H2,1-5H3. The maximum Gasteiger partial charge on any atom is 0.149 e. The van der Waals surface area contributed by atoms with Gasteiger partial charge in [-0.1, -0.05) is 0 Å². The average Bonchev–Trinajstić information content (AvgIpc) is 2.32. The Bertz CT molecular complexity index is 421. The Labute approximate surface area is 124 Å². The molecule has 0 amide bonds. The average molecular weight is 302 g/mol. The number of anilines is 1. The molecule has 1 rings (SSSR count). The number of nitrogens with zero attached hydrogens (tertiary/aromatic N) is 1. The third kappa shape index (κ3) is 5.29. The number of rotatable bonds is 6. The fraction of sp³-hybridized carbons (Fsp3) is 0.600. The van der Waals surface area contributed by atoms with E-state index in [1.165, 1.54) is 12.1 Å². The van der Waals surface area contributed by atoms with Gasteiger partial charge < -0.3 is 10.2 Å². The van der Waals surface area contributed by atoms with E-state index in [0.717, 1.165) is 5.75 Å². The zero-order valence-corrected chi connectivity index (χ0v) is 13.7. The van der Waals surface area contributed by atoms with Crippen LogP contribution in [0.25, 0.3) is 0 Å². The van der Waals surface area contributed by atoms with Gasteiger partial charge in [0, 0.05) is 31.4 Å². The van der Waals surface area contributed by atoms with Crippen molar-refractivity contribution in [1.82, 2.24) is 5.32 Å². The second kappa shape index (κ2) is 7.27. The molecule has 0 atom stereocenters. The minimum absolute atomic E-state index is 0.0542. The maximum atomic E-state index is 14.1. The molecule has 1 aromatic carbocycles. The van der Waals surface area contributed by atoms with Crippen LogP contribution in [0.3, 0.4) is 0 Å². The number of nitrogens with one attached hydrogen (secondary N) is 1. The van der Waals surface area contributed by atoms with Crippen LogP contribution in [0.1, 0.15) is 26.3 Å². The van der Waals surface area contributed by atoms with Gasteiger partial charge in [-0.25, -0.2) is 8.78 Å². The third-order valence-electron chi connectivity index (χ3n) is 2.91. The molecule has 0 saturated heterocycles. The molecule has 1 N–H and O–H groups in total. The first-order chi connectivity index (χ1) is 9.24. The summed E-state index contributed by atoms with van der Waals surface area (Å²) in [6.45, 7) is 7.12. The van der Waals surface area contributed by atoms with Crippen molar-refractivity contribution in [3.05, 3.63) is 29.3 Å². The van der Waals surface area contributed by atoms with Crippen LogP contribution in [0, 0.1) is 11.6 Å². The van der Waals surface area contributed by atoms with E-state index in [9.17, 15) is 8.78 Å². The zero-order valence-electron chi connectivity index (χ0n) is 12.9. The molecule has 1 aromatic rings. The molecule has 0 unspecified atom stereocenters. The molecule has 114 valence electrons. The summed E-state index contributed by atoms with van der Waals surface area (Å²) in [6.07, 6.45) is 1.97. The van der Waals surface area contributed by atoms with Gasteiger partial charge in [-0.2, -0.15) is 11.8 Å². The van der Waals surface area contributed by atoms with Crippen molar-refractivity contribution in [2.24, 2.45) is 0 Å². The quantitative estimate of drug-likeness (QED) is 0.863. The highest BCUT2D eigenvalue weighted by atomic mass is 32.2. The molecular formula is C15H24F2N2S. The summed E-state index contributed by atoms with van der Waals surface area (Å²) in [6, 6.07) is 2.82. The van der Waals surface area contributed by atoms with Gasteiger partial charge in [0.05, 0.1) is 0 Å². The lowest BCUT2D eigenvalue weighted by Gasteiger charge is -2.23. The van der Waals surface area contributed by atoms with Crippen LogP contribution in [0.15, 0.2) is 12.1 Å². The predicted molar refractivity (Wildman–Crippen MR) is 84.6 cm³/mol. The number of thioether (sulfide) groups is 1. The van der Waals surface area contributed by atoms with Gasteiger partial charge in [-0.15, -0.1) is 0 Å². The molecule has 0 fully saturated rings. The Morgan fingerprint density at radius 2 is 1.75 bits per heavy atom. The van der Waals surface area contributed by atoms with E-state index >= 15 is 0 Å². The second-order valence-corrected chi connectivity index (χ2v) is 6.91. The van der Waals surface area contributed by atoms with E-state index < -0.39 is 11.6 Å². The molecule has 5 heteroatoms. The highest BCUT2D eigenvalue weighted by Gasteiger charge is 2.16. The molecule has 0 radical (unpaired) electrons. The van der Waals surface area contributed by atoms with Crippen molar-refractivity contribution >= 4 is 17.4 Å². The molecule has 0 heterocycles. The molecular weight excluding hydrogens is 278 g/mol. The minimum atomic E-state index is -0.501. The first-order valence-corrected chi connectivity index (χ1v) is 8.07. The normalized spacial score (nSPS) is 11.8. The van der Waals surface area contributed by atoms with Gasteiger partial charge in [0.25, 0.3) is 0 Å². The Morgan fingerprint density at radius 1 is 1.20 bits per heavy atom. The Morgan fingerprint density at radius 3 is 2.20 bits per heavy atom. The molecule has 0 spiro atoms. The van der Waals surface area contributed by atoms with Gasteiger partial charge in [0.1, 0.15) is 17.3 Å². The predicted octanol–water partition coefficient (Wildman–Crippen LogP) is 3.65. The topological polar surface area (TPSA) is 15.3 Å². The minimum Gasteiger partial charge on any atom is -0.369 e. The van der Waals surface area contributed by atoms with Crippen LogP contribution >= 0.6 is 11.8 Å². The van der Waals surface area contributed by atoms with Crippen molar-refractivity contribution in [2.45, 2.75) is 32.9 Å². The molecule has 0 aromatic heterocycles. The van der Waals surface area contributed by atoms with Crippen LogP contribution in [0.5, 0.6) is 0 Å². The Hall–Kier alpha value is -0.810. The summed E-state index contributed by atoms with van der Waals surface area (Å²) in [4.78, 5) is 1.63. The van der Waals surface area contributed by atoms with Crippen LogP contribution in [0.2, 0.25) is 0 Å². The number of hydrogen-bond donors (Lipinski definition) is 1. The van der Waals surface area contributed by atoms with Crippen LogP contribution in [0.4, 0.5) is 14.5 Å². The molecule has 0 aliphatic heterocycles. The largest absolute Gasteiger partial charge is 0.369 e. The Balaban J connectivity index is 2.86. The number of benzene rings is 1. The molecule has 0 bridgehead atoms. The fourth-order valence-electron chi connectivity index (χ4n) is 1.79. The van der Waals surface area contributed by atoms with Crippen molar-refractivity contribution in [3.63, 3.8) is 0 Å². The summed E-state index contributed by atoms with van der Waals surface area (Å²) >= 11 is 1.65. The van der Waals surface area contributed by atoms with Gasteiger partial charge in [-0.3, -0.25) is 0 Å². The monoisotopic (exact) mass is 302 g/mol. The lowest BCUT2D eigenvalue weighted by Crippen LogP contribution is -2.35. The smallest absolute Gasteiger partial charge is 0.149 e. The summed E-state index contributed by atoms with van der Waals surface area (Å²) in [5, 5.41) is 3.23. The van der Waals surface area contributed by atoms with E-state index in [4.69, 9.17) is 0 Å². The molecule has 0 saturated carbocycles. The second-order valence-electron chi connectivity index (χ2n) is 5.93. The van der Waals surface area contributed by atoms with Crippen molar-refractivity contribution in [1.29, 1.82) is 0 Å². The van der Waals surface area contributed by atoms with Crippen molar-refractivity contribution in [2.75, 3.05) is 30.5 Å². The molecule has 2 nitrogen and oxygen atoms in total. The van der Waals surface area contributed by atoms with Crippen LogP contribution in [-0.2, 0) is 6.54 Å². The van der Waals surface area contributed by atoms with E-state index in [1.807, 2.05) is 27.0 Å². The van der Waals surface area contributed by atoms with Crippen molar-refractivity contribution in [3.8, 4) is 0 Å². The summed E-state index contributed by atoms with van der Waals surface area (Å²) in [7, 11) is 1.71. The van der Waals surface area contributed by atoms with E-state index in [1.54, 1.807) is 23.7 Å². The maximum absolute atomic E-state index is 14.1.